The van der Waals surface area contributed by atoms with Gasteiger partial charge in [-0.25, -0.2) is 4.98 Å². The van der Waals surface area contributed by atoms with Crippen LogP contribution in [0.5, 0.6) is 0 Å². The standard InChI is InChI=1S/C9H16N4O2/c1-15-6-4-11-9(14)3-2-5-13-8-10-7-12-13/h7-8H,2-6H2,1H3,(H,11,14). The fourth-order valence-electron chi connectivity index (χ4n) is 1.13. The fourth-order valence-corrected chi connectivity index (χ4v) is 1.13. The van der Waals surface area contributed by atoms with E-state index in [9.17, 15) is 4.79 Å². The molecule has 0 bridgehead atoms. The average Bonchev–Trinajstić information content (AvgIpc) is 2.71. The molecule has 6 nitrogen and oxygen atoms in total. The maximum Gasteiger partial charge on any atom is 0.220 e. The van der Waals surface area contributed by atoms with Crippen LogP contribution in [0.3, 0.4) is 0 Å². The van der Waals surface area contributed by atoms with E-state index >= 15 is 0 Å². The maximum atomic E-state index is 11.2. The highest BCUT2D eigenvalue weighted by Gasteiger charge is 2.00. The number of hydrogen-bond acceptors (Lipinski definition) is 4. The molecular formula is C9H16N4O2. The van der Waals surface area contributed by atoms with E-state index in [-0.39, 0.29) is 5.91 Å². The monoisotopic (exact) mass is 212 g/mol. The van der Waals surface area contributed by atoms with Gasteiger partial charge < -0.3 is 10.1 Å². The van der Waals surface area contributed by atoms with Gasteiger partial charge in [0.25, 0.3) is 0 Å². The van der Waals surface area contributed by atoms with Crippen LogP contribution in [0.4, 0.5) is 0 Å². The Balaban J connectivity index is 2.02. The molecule has 0 spiro atoms. The molecule has 0 aliphatic heterocycles. The second kappa shape index (κ2) is 6.94. The van der Waals surface area contributed by atoms with Gasteiger partial charge in [-0.2, -0.15) is 5.10 Å². The minimum Gasteiger partial charge on any atom is -0.383 e. The minimum absolute atomic E-state index is 0.0483. The Morgan fingerprint density at radius 2 is 2.47 bits per heavy atom. The molecule has 1 aromatic rings. The van der Waals surface area contributed by atoms with E-state index in [1.165, 1.54) is 6.33 Å². The van der Waals surface area contributed by atoms with Crippen molar-refractivity contribution in [1.29, 1.82) is 0 Å². The van der Waals surface area contributed by atoms with Crippen molar-refractivity contribution in [3.63, 3.8) is 0 Å². The number of amides is 1. The average molecular weight is 212 g/mol. The summed E-state index contributed by atoms with van der Waals surface area (Å²) < 4.78 is 6.53. The highest BCUT2D eigenvalue weighted by atomic mass is 16.5. The zero-order valence-corrected chi connectivity index (χ0v) is 8.85. The number of aromatic nitrogens is 3. The summed E-state index contributed by atoms with van der Waals surface area (Å²) >= 11 is 0. The Morgan fingerprint density at radius 1 is 1.60 bits per heavy atom. The third-order valence-electron chi connectivity index (χ3n) is 1.89. The van der Waals surface area contributed by atoms with Crippen LogP contribution in [0.15, 0.2) is 12.7 Å². The first kappa shape index (κ1) is 11.6. The van der Waals surface area contributed by atoms with Crippen molar-refractivity contribution in [1.82, 2.24) is 20.1 Å². The molecule has 6 heteroatoms. The van der Waals surface area contributed by atoms with Crippen molar-refractivity contribution in [2.24, 2.45) is 0 Å². The summed E-state index contributed by atoms with van der Waals surface area (Å²) in [5.74, 6) is 0.0483. The summed E-state index contributed by atoms with van der Waals surface area (Å²) in [4.78, 5) is 15.0. The van der Waals surface area contributed by atoms with Gasteiger partial charge in [-0.05, 0) is 6.42 Å². The molecule has 15 heavy (non-hydrogen) atoms. The van der Waals surface area contributed by atoms with Gasteiger partial charge in [-0.15, -0.1) is 0 Å². The predicted octanol–water partition coefficient (Wildman–Crippen LogP) is -0.179. The molecule has 0 aliphatic rings. The lowest BCUT2D eigenvalue weighted by Crippen LogP contribution is -2.26. The van der Waals surface area contributed by atoms with Gasteiger partial charge in [0, 0.05) is 26.6 Å². The first-order valence-corrected chi connectivity index (χ1v) is 4.91. The van der Waals surface area contributed by atoms with Gasteiger partial charge >= 0.3 is 0 Å². The van der Waals surface area contributed by atoms with Gasteiger partial charge in [-0.1, -0.05) is 0 Å². The van der Waals surface area contributed by atoms with Crippen molar-refractivity contribution >= 4 is 5.91 Å². The van der Waals surface area contributed by atoms with Crippen LogP contribution in [-0.4, -0.2) is 40.9 Å². The van der Waals surface area contributed by atoms with Crippen molar-refractivity contribution in [3.05, 3.63) is 12.7 Å². The highest BCUT2D eigenvalue weighted by Crippen LogP contribution is 1.92. The molecule has 0 unspecified atom stereocenters. The highest BCUT2D eigenvalue weighted by molar-refractivity contribution is 5.75. The van der Waals surface area contributed by atoms with Crippen molar-refractivity contribution in [3.8, 4) is 0 Å². The smallest absolute Gasteiger partial charge is 0.220 e. The molecule has 0 saturated carbocycles. The second-order valence-corrected chi connectivity index (χ2v) is 3.10. The Kier molecular flexibility index (Phi) is 5.39. The van der Waals surface area contributed by atoms with E-state index in [0.29, 0.717) is 19.6 Å². The summed E-state index contributed by atoms with van der Waals surface area (Å²) in [7, 11) is 1.61. The van der Waals surface area contributed by atoms with Crippen LogP contribution in [0.1, 0.15) is 12.8 Å². The molecule has 1 heterocycles. The number of nitrogens with one attached hydrogen (secondary N) is 1. The lowest BCUT2D eigenvalue weighted by molar-refractivity contribution is -0.121. The first-order chi connectivity index (χ1) is 7.33. The Hall–Kier alpha value is -1.43. The molecule has 84 valence electrons. The van der Waals surface area contributed by atoms with Crippen LogP contribution in [-0.2, 0) is 16.1 Å². The van der Waals surface area contributed by atoms with E-state index in [2.05, 4.69) is 15.4 Å². The van der Waals surface area contributed by atoms with Gasteiger partial charge in [0.05, 0.1) is 6.61 Å². The Labute approximate surface area is 88.6 Å². The lowest BCUT2D eigenvalue weighted by atomic mass is 10.3. The maximum absolute atomic E-state index is 11.2. The molecule has 1 N–H and O–H groups in total. The topological polar surface area (TPSA) is 69.0 Å². The first-order valence-electron chi connectivity index (χ1n) is 4.91. The largest absolute Gasteiger partial charge is 0.383 e. The van der Waals surface area contributed by atoms with Crippen LogP contribution in [0.25, 0.3) is 0 Å². The zero-order valence-electron chi connectivity index (χ0n) is 8.85. The number of rotatable bonds is 7. The normalized spacial score (nSPS) is 10.2. The number of methoxy groups -OCH3 is 1. The molecule has 0 saturated heterocycles. The van der Waals surface area contributed by atoms with E-state index in [0.717, 1.165) is 13.0 Å². The van der Waals surface area contributed by atoms with Crippen molar-refractivity contribution in [2.75, 3.05) is 20.3 Å². The summed E-state index contributed by atoms with van der Waals surface area (Å²) in [6, 6.07) is 0. The second-order valence-electron chi connectivity index (χ2n) is 3.10. The number of ether oxygens (including phenoxy) is 1. The Bertz CT molecular complexity index is 274. The van der Waals surface area contributed by atoms with E-state index in [1.807, 2.05) is 0 Å². The van der Waals surface area contributed by atoms with E-state index in [4.69, 9.17) is 4.74 Å². The van der Waals surface area contributed by atoms with Gasteiger partial charge in [0.2, 0.25) is 5.91 Å². The van der Waals surface area contributed by atoms with Crippen LogP contribution >= 0.6 is 0 Å². The number of hydrogen-bond donors (Lipinski definition) is 1. The SMILES string of the molecule is COCCNC(=O)CCCn1cncn1. The number of carbonyl (C=O) groups is 1. The number of carbonyl (C=O) groups excluding carboxylic acids is 1. The molecule has 0 atom stereocenters. The Morgan fingerprint density at radius 3 is 3.13 bits per heavy atom. The van der Waals surface area contributed by atoms with E-state index in [1.54, 1.807) is 18.1 Å². The number of aryl methyl sites for hydroxylation is 1. The van der Waals surface area contributed by atoms with Crippen molar-refractivity contribution < 1.29 is 9.53 Å². The summed E-state index contributed by atoms with van der Waals surface area (Å²) in [5, 5.41) is 6.70. The molecular weight excluding hydrogens is 196 g/mol. The number of nitrogens with zero attached hydrogens (tertiary/aromatic N) is 3. The zero-order chi connectivity index (χ0) is 10.9. The molecule has 1 amide bonds. The minimum atomic E-state index is 0.0483. The van der Waals surface area contributed by atoms with Gasteiger partial charge in [0.1, 0.15) is 12.7 Å². The molecule has 0 radical (unpaired) electrons. The molecule has 0 fully saturated rings. The molecule has 0 aromatic carbocycles. The van der Waals surface area contributed by atoms with Crippen LogP contribution in [0, 0.1) is 0 Å². The summed E-state index contributed by atoms with van der Waals surface area (Å²) in [6.07, 6.45) is 4.40. The van der Waals surface area contributed by atoms with Crippen LogP contribution in [0.2, 0.25) is 0 Å². The molecule has 1 aromatic heterocycles. The fraction of sp³-hybridized carbons (Fsp3) is 0.667. The van der Waals surface area contributed by atoms with Gasteiger partial charge in [-0.3, -0.25) is 9.48 Å². The summed E-state index contributed by atoms with van der Waals surface area (Å²) in [5.41, 5.74) is 0. The van der Waals surface area contributed by atoms with Crippen LogP contribution < -0.4 is 5.32 Å². The quantitative estimate of drug-likeness (QED) is 0.637. The molecule has 0 aliphatic carbocycles. The van der Waals surface area contributed by atoms with E-state index < -0.39 is 0 Å². The third kappa shape index (κ3) is 5.11. The van der Waals surface area contributed by atoms with Gasteiger partial charge in [0.15, 0.2) is 0 Å². The lowest BCUT2D eigenvalue weighted by Gasteiger charge is -2.04. The third-order valence-corrected chi connectivity index (χ3v) is 1.89. The molecule has 1 rings (SSSR count). The van der Waals surface area contributed by atoms with Crippen molar-refractivity contribution in [2.45, 2.75) is 19.4 Å². The summed E-state index contributed by atoms with van der Waals surface area (Å²) in [6.45, 7) is 1.84. The predicted molar refractivity (Wildman–Crippen MR) is 54.1 cm³/mol.